The lowest BCUT2D eigenvalue weighted by Gasteiger charge is -2.06. The van der Waals surface area contributed by atoms with Crippen LogP contribution in [0.5, 0.6) is 0 Å². The number of hydrogen-bond donors (Lipinski definition) is 2. The van der Waals surface area contributed by atoms with Gasteiger partial charge in [0.25, 0.3) is 10.0 Å². The van der Waals surface area contributed by atoms with Gasteiger partial charge in [0.1, 0.15) is 0 Å². The minimum absolute atomic E-state index is 0.0743. The summed E-state index contributed by atoms with van der Waals surface area (Å²) in [7, 11) is -3.66. The smallest absolute Gasteiger partial charge is 0.258 e. The molecule has 0 radical (unpaired) electrons. The number of pyridine rings is 2. The molecule has 2 heterocycles. The van der Waals surface area contributed by atoms with Crippen molar-refractivity contribution in [1.82, 2.24) is 14.7 Å². The summed E-state index contributed by atoms with van der Waals surface area (Å²) >= 11 is 0. The molecule has 0 aromatic carbocycles. The second-order valence-corrected chi connectivity index (χ2v) is 6.01. The number of sulfonamides is 1. The highest BCUT2D eigenvalue weighted by atomic mass is 32.2. The van der Waals surface area contributed by atoms with Crippen molar-refractivity contribution in [1.29, 1.82) is 0 Å². The molecule has 0 atom stereocenters. The molecule has 0 bridgehead atoms. The van der Waals surface area contributed by atoms with Gasteiger partial charge in [-0.25, -0.2) is 18.1 Å². The van der Waals surface area contributed by atoms with Crippen LogP contribution in [0.15, 0.2) is 41.7 Å². The van der Waals surface area contributed by atoms with Crippen molar-refractivity contribution < 1.29 is 13.5 Å². The zero-order chi connectivity index (χ0) is 14.6. The van der Waals surface area contributed by atoms with E-state index in [1.54, 1.807) is 6.20 Å². The largest absolute Gasteiger partial charge is 0.392 e. The van der Waals surface area contributed by atoms with Gasteiger partial charge in [-0.1, -0.05) is 12.1 Å². The van der Waals surface area contributed by atoms with Gasteiger partial charge >= 0.3 is 0 Å². The Morgan fingerprint density at radius 3 is 2.35 bits per heavy atom. The summed E-state index contributed by atoms with van der Waals surface area (Å²) in [5.41, 5.74) is 2.20. The van der Waals surface area contributed by atoms with Crippen molar-refractivity contribution in [3.63, 3.8) is 0 Å². The molecule has 0 aliphatic rings. The fraction of sp³-hybridized carbons (Fsp3) is 0.231. The first kappa shape index (κ1) is 14.6. The molecule has 0 aliphatic heterocycles. The molecular formula is C13H15N3O3S. The van der Waals surface area contributed by atoms with E-state index in [0.717, 1.165) is 11.3 Å². The van der Waals surface area contributed by atoms with Crippen molar-refractivity contribution in [2.75, 3.05) is 0 Å². The van der Waals surface area contributed by atoms with Crippen LogP contribution in [0.2, 0.25) is 0 Å². The van der Waals surface area contributed by atoms with Crippen LogP contribution in [0, 0.1) is 6.92 Å². The Morgan fingerprint density at radius 2 is 1.80 bits per heavy atom. The van der Waals surface area contributed by atoms with Gasteiger partial charge in [-0.05, 0) is 30.2 Å². The predicted octanol–water partition coefficient (Wildman–Crippen LogP) is 0.756. The van der Waals surface area contributed by atoms with Gasteiger partial charge in [-0.2, -0.15) is 0 Å². The summed E-state index contributed by atoms with van der Waals surface area (Å²) in [4.78, 5) is 7.92. The van der Waals surface area contributed by atoms with E-state index in [9.17, 15) is 8.42 Å². The highest BCUT2D eigenvalue weighted by molar-refractivity contribution is 7.89. The Labute approximate surface area is 117 Å². The minimum atomic E-state index is -3.66. The van der Waals surface area contributed by atoms with E-state index in [1.165, 1.54) is 18.3 Å². The van der Waals surface area contributed by atoms with E-state index in [1.807, 2.05) is 19.1 Å². The summed E-state index contributed by atoms with van der Waals surface area (Å²) < 4.78 is 26.5. The maximum Gasteiger partial charge on any atom is 0.258 e. The second kappa shape index (κ2) is 6.08. The molecule has 2 rings (SSSR count). The van der Waals surface area contributed by atoms with Crippen molar-refractivity contribution in [3.05, 3.63) is 53.5 Å². The van der Waals surface area contributed by atoms with E-state index < -0.39 is 10.0 Å². The zero-order valence-corrected chi connectivity index (χ0v) is 11.8. The van der Waals surface area contributed by atoms with Gasteiger partial charge in [0.05, 0.1) is 6.61 Å². The van der Waals surface area contributed by atoms with Crippen LogP contribution >= 0.6 is 0 Å². The van der Waals surface area contributed by atoms with E-state index in [-0.39, 0.29) is 18.2 Å². The molecule has 0 unspecified atom stereocenters. The van der Waals surface area contributed by atoms with Crippen LogP contribution in [-0.2, 0) is 23.2 Å². The highest BCUT2D eigenvalue weighted by Crippen LogP contribution is 2.08. The number of nitrogens with one attached hydrogen (secondary N) is 1. The summed E-state index contributed by atoms with van der Waals surface area (Å²) in [6, 6.07) is 6.52. The molecular weight excluding hydrogens is 278 g/mol. The first-order valence-corrected chi connectivity index (χ1v) is 7.46. The third-order valence-electron chi connectivity index (χ3n) is 2.69. The molecule has 0 fully saturated rings. The molecule has 0 spiro atoms. The summed E-state index contributed by atoms with van der Waals surface area (Å²) in [5, 5.41) is 8.82. The first-order chi connectivity index (χ1) is 9.51. The Kier molecular flexibility index (Phi) is 4.43. The summed E-state index contributed by atoms with van der Waals surface area (Å²) in [6.07, 6.45) is 2.96. The topological polar surface area (TPSA) is 92.2 Å². The van der Waals surface area contributed by atoms with Gasteiger partial charge in [0, 0.05) is 24.6 Å². The van der Waals surface area contributed by atoms with Gasteiger partial charge in [0.15, 0.2) is 5.03 Å². The normalized spacial score (nSPS) is 11.5. The maximum atomic E-state index is 12.0. The van der Waals surface area contributed by atoms with Crippen molar-refractivity contribution in [2.45, 2.75) is 25.1 Å². The van der Waals surface area contributed by atoms with E-state index >= 15 is 0 Å². The summed E-state index contributed by atoms with van der Waals surface area (Å²) in [5.74, 6) is 0. The Balaban J connectivity index is 2.08. The molecule has 0 saturated heterocycles. The van der Waals surface area contributed by atoms with Gasteiger partial charge in [-0.3, -0.25) is 4.98 Å². The lowest BCUT2D eigenvalue weighted by Crippen LogP contribution is -2.24. The Morgan fingerprint density at radius 1 is 1.10 bits per heavy atom. The molecule has 0 saturated carbocycles. The number of aryl methyl sites for hydroxylation is 1. The lowest BCUT2D eigenvalue weighted by atomic mass is 10.2. The molecule has 7 heteroatoms. The molecule has 2 aromatic rings. The molecule has 2 N–H and O–H groups in total. The quantitative estimate of drug-likeness (QED) is 0.849. The van der Waals surface area contributed by atoms with Crippen LogP contribution in [0.3, 0.4) is 0 Å². The third kappa shape index (κ3) is 3.60. The number of rotatable bonds is 5. The number of hydrogen-bond acceptors (Lipinski definition) is 5. The van der Waals surface area contributed by atoms with Crippen LogP contribution in [-0.4, -0.2) is 23.5 Å². The molecule has 20 heavy (non-hydrogen) atoms. The number of nitrogens with zero attached hydrogens (tertiary/aromatic N) is 2. The second-order valence-electron chi connectivity index (χ2n) is 4.30. The standard InChI is InChI=1S/C13H15N3O3S/c1-10-2-3-11(6-14-10)8-16-20(18,19)13-5-4-12(9-17)7-15-13/h2-7,16-17H,8-9H2,1H3. The number of aliphatic hydroxyl groups is 1. The van der Waals surface area contributed by atoms with E-state index in [0.29, 0.717) is 5.56 Å². The fourth-order valence-electron chi connectivity index (χ4n) is 1.52. The average molecular weight is 293 g/mol. The maximum absolute atomic E-state index is 12.0. The Bertz CT molecular complexity index is 667. The van der Waals surface area contributed by atoms with Crippen LogP contribution < -0.4 is 4.72 Å². The van der Waals surface area contributed by atoms with Crippen molar-refractivity contribution in [2.24, 2.45) is 0 Å². The molecule has 2 aromatic heterocycles. The number of aliphatic hydroxyl groups excluding tert-OH is 1. The van der Waals surface area contributed by atoms with Gasteiger partial charge in [-0.15, -0.1) is 0 Å². The summed E-state index contributed by atoms with van der Waals surface area (Å²) in [6.45, 7) is 1.84. The first-order valence-electron chi connectivity index (χ1n) is 5.98. The predicted molar refractivity (Wildman–Crippen MR) is 73.2 cm³/mol. The van der Waals surface area contributed by atoms with Crippen molar-refractivity contribution in [3.8, 4) is 0 Å². The fourth-order valence-corrected chi connectivity index (χ4v) is 2.46. The third-order valence-corrected chi connectivity index (χ3v) is 4.01. The van der Waals surface area contributed by atoms with Crippen molar-refractivity contribution >= 4 is 10.0 Å². The number of aromatic nitrogens is 2. The highest BCUT2D eigenvalue weighted by Gasteiger charge is 2.15. The van der Waals surface area contributed by atoms with Crippen LogP contribution in [0.4, 0.5) is 0 Å². The van der Waals surface area contributed by atoms with E-state index in [2.05, 4.69) is 14.7 Å². The molecule has 0 amide bonds. The zero-order valence-electron chi connectivity index (χ0n) is 10.9. The van der Waals surface area contributed by atoms with E-state index in [4.69, 9.17) is 5.11 Å². The van der Waals surface area contributed by atoms with Crippen LogP contribution in [0.1, 0.15) is 16.8 Å². The van der Waals surface area contributed by atoms with Gasteiger partial charge < -0.3 is 5.11 Å². The lowest BCUT2D eigenvalue weighted by molar-refractivity contribution is 0.281. The van der Waals surface area contributed by atoms with Crippen LogP contribution in [0.25, 0.3) is 0 Å². The molecule has 0 aliphatic carbocycles. The SMILES string of the molecule is Cc1ccc(CNS(=O)(=O)c2ccc(CO)cn2)cn1. The molecule has 6 nitrogen and oxygen atoms in total. The van der Waals surface area contributed by atoms with Gasteiger partial charge in [0.2, 0.25) is 0 Å². The average Bonchev–Trinajstić information content (AvgIpc) is 2.47. The monoisotopic (exact) mass is 293 g/mol. The minimum Gasteiger partial charge on any atom is -0.392 e. The Hall–Kier alpha value is -1.83. The molecule has 106 valence electrons.